The van der Waals surface area contributed by atoms with E-state index in [9.17, 15) is 9.59 Å². The van der Waals surface area contributed by atoms with Crippen LogP contribution < -0.4 is 5.32 Å². The Labute approximate surface area is 117 Å². The van der Waals surface area contributed by atoms with Crippen LogP contribution in [0.3, 0.4) is 0 Å². The predicted octanol–water partition coefficient (Wildman–Crippen LogP) is 2.52. The van der Waals surface area contributed by atoms with Crippen molar-refractivity contribution in [1.29, 1.82) is 0 Å². The van der Waals surface area contributed by atoms with E-state index in [1.807, 2.05) is 36.4 Å². The molecule has 0 saturated heterocycles. The van der Waals surface area contributed by atoms with Crippen LogP contribution in [0.15, 0.2) is 42.5 Å². The summed E-state index contributed by atoms with van der Waals surface area (Å²) in [5, 5.41) is 4.51. The molecule has 0 saturated carbocycles. The molecule has 2 rings (SSSR count). The van der Waals surface area contributed by atoms with E-state index < -0.39 is 12.0 Å². The summed E-state index contributed by atoms with van der Waals surface area (Å²) in [6.45, 7) is 3.64. The van der Waals surface area contributed by atoms with Gasteiger partial charge in [0.05, 0.1) is 6.61 Å². The summed E-state index contributed by atoms with van der Waals surface area (Å²) in [4.78, 5) is 23.8. The van der Waals surface area contributed by atoms with Crippen LogP contribution in [0.4, 0.5) is 0 Å². The Morgan fingerprint density at radius 2 is 1.85 bits per heavy atom. The van der Waals surface area contributed by atoms with Crippen molar-refractivity contribution in [3.8, 4) is 0 Å². The number of nitrogens with one attached hydrogen (secondary N) is 1. The number of hydrogen-bond acceptors (Lipinski definition) is 3. The van der Waals surface area contributed by atoms with Crippen LogP contribution >= 0.6 is 0 Å². The molecule has 0 bridgehead atoms. The summed E-state index contributed by atoms with van der Waals surface area (Å²) in [6.07, 6.45) is 0. The lowest BCUT2D eigenvalue weighted by Crippen LogP contribution is -2.39. The molecule has 0 spiro atoms. The first kappa shape index (κ1) is 14.1. The monoisotopic (exact) mass is 271 g/mol. The molecule has 0 aliphatic rings. The Balaban J connectivity index is 2.22. The fourth-order valence-corrected chi connectivity index (χ4v) is 2.02. The molecule has 1 unspecified atom stereocenters. The number of fused-ring (bicyclic) bond motifs is 1. The van der Waals surface area contributed by atoms with Gasteiger partial charge in [-0.1, -0.05) is 36.4 Å². The van der Waals surface area contributed by atoms with E-state index in [0.717, 1.165) is 10.8 Å². The highest BCUT2D eigenvalue weighted by Crippen LogP contribution is 2.18. The van der Waals surface area contributed by atoms with E-state index in [0.29, 0.717) is 12.2 Å². The number of ether oxygens (including phenoxy) is 1. The number of amides is 1. The van der Waals surface area contributed by atoms with Crippen molar-refractivity contribution >= 4 is 22.6 Å². The third-order valence-electron chi connectivity index (χ3n) is 3.02. The largest absolute Gasteiger partial charge is 0.464 e. The van der Waals surface area contributed by atoms with Crippen molar-refractivity contribution in [2.45, 2.75) is 19.9 Å². The molecule has 2 aromatic rings. The second kappa shape index (κ2) is 6.19. The SMILES string of the molecule is CCOC(=O)C(C)NC(=O)c1cccc2ccccc12. The van der Waals surface area contributed by atoms with Crippen LogP contribution in [0, 0.1) is 0 Å². The molecular weight excluding hydrogens is 254 g/mol. The molecule has 0 aliphatic heterocycles. The minimum atomic E-state index is -0.665. The third-order valence-corrected chi connectivity index (χ3v) is 3.02. The van der Waals surface area contributed by atoms with Crippen LogP contribution in [0.5, 0.6) is 0 Å². The molecule has 1 amide bonds. The number of benzene rings is 2. The lowest BCUT2D eigenvalue weighted by molar-refractivity contribution is -0.144. The summed E-state index contributed by atoms with van der Waals surface area (Å²) in [6, 6.07) is 12.5. The Hall–Kier alpha value is -2.36. The van der Waals surface area contributed by atoms with E-state index in [-0.39, 0.29) is 5.91 Å². The first-order valence-corrected chi connectivity index (χ1v) is 6.58. The second-order valence-corrected chi connectivity index (χ2v) is 4.47. The molecule has 0 fully saturated rings. The van der Waals surface area contributed by atoms with Gasteiger partial charge in [0.1, 0.15) is 6.04 Å². The van der Waals surface area contributed by atoms with Crippen molar-refractivity contribution < 1.29 is 14.3 Å². The highest BCUT2D eigenvalue weighted by molar-refractivity contribution is 6.07. The van der Waals surface area contributed by atoms with Crippen LogP contribution in [-0.2, 0) is 9.53 Å². The summed E-state index contributed by atoms with van der Waals surface area (Å²) in [5.74, 6) is -0.705. The first-order valence-electron chi connectivity index (χ1n) is 6.58. The van der Waals surface area contributed by atoms with Gasteiger partial charge in [-0.2, -0.15) is 0 Å². The van der Waals surface area contributed by atoms with E-state index >= 15 is 0 Å². The predicted molar refractivity (Wildman–Crippen MR) is 77.5 cm³/mol. The van der Waals surface area contributed by atoms with Crippen LogP contribution in [-0.4, -0.2) is 24.5 Å². The average Bonchev–Trinajstić information content (AvgIpc) is 2.46. The fraction of sp³-hybridized carbons (Fsp3) is 0.250. The van der Waals surface area contributed by atoms with Crippen molar-refractivity contribution in [3.63, 3.8) is 0 Å². The lowest BCUT2D eigenvalue weighted by atomic mass is 10.0. The van der Waals surface area contributed by atoms with Gasteiger partial charge < -0.3 is 10.1 Å². The number of rotatable bonds is 4. The zero-order valence-corrected chi connectivity index (χ0v) is 11.6. The topological polar surface area (TPSA) is 55.4 Å². The third kappa shape index (κ3) is 2.96. The summed E-state index contributed by atoms with van der Waals surface area (Å²) in [5.41, 5.74) is 0.555. The Bertz CT molecular complexity index is 631. The normalized spacial score (nSPS) is 11.9. The van der Waals surface area contributed by atoms with Gasteiger partial charge >= 0.3 is 5.97 Å². The zero-order chi connectivity index (χ0) is 14.5. The van der Waals surface area contributed by atoms with Gasteiger partial charge in [-0.05, 0) is 30.7 Å². The molecule has 20 heavy (non-hydrogen) atoms. The Kier molecular flexibility index (Phi) is 4.35. The molecule has 0 radical (unpaired) electrons. The molecular formula is C16H17NO3. The van der Waals surface area contributed by atoms with Gasteiger partial charge in [0.25, 0.3) is 5.91 Å². The first-order chi connectivity index (χ1) is 9.63. The number of hydrogen-bond donors (Lipinski definition) is 1. The molecule has 0 aliphatic carbocycles. The van der Waals surface area contributed by atoms with Gasteiger partial charge in [0, 0.05) is 5.56 Å². The molecule has 104 valence electrons. The van der Waals surface area contributed by atoms with Crippen LogP contribution in [0.1, 0.15) is 24.2 Å². The highest BCUT2D eigenvalue weighted by Gasteiger charge is 2.18. The maximum Gasteiger partial charge on any atom is 0.328 e. The van der Waals surface area contributed by atoms with Gasteiger partial charge in [0.15, 0.2) is 0 Å². The zero-order valence-electron chi connectivity index (χ0n) is 11.6. The molecule has 4 heteroatoms. The van der Waals surface area contributed by atoms with Gasteiger partial charge in [-0.15, -0.1) is 0 Å². The van der Waals surface area contributed by atoms with Gasteiger partial charge in [-0.25, -0.2) is 4.79 Å². The Morgan fingerprint density at radius 3 is 2.60 bits per heavy atom. The Morgan fingerprint density at radius 1 is 1.15 bits per heavy atom. The van der Waals surface area contributed by atoms with E-state index in [1.54, 1.807) is 19.9 Å². The molecule has 0 heterocycles. The quantitative estimate of drug-likeness (QED) is 0.869. The van der Waals surface area contributed by atoms with Crippen molar-refractivity contribution in [3.05, 3.63) is 48.0 Å². The second-order valence-electron chi connectivity index (χ2n) is 4.47. The fourth-order valence-electron chi connectivity index (χ4n) is 2.02. The molecule has 2 aromatic carbocycles. The molecule has 1 N–H and O–H groups in total. The van der Waals surface area contributed by atoms with Crippen molar-refractivity contribution in [1.82, 2.24) is 5.32 Å². The average molecular weight is 271 g/mol. The van der Waals surface area contributed by atoms with Crippen molar-refractivity contribution in [2.75, 3.05) is 6.61 Å². The molecule has 0 aromatic heterocycles. The smallest absolute Gasteiger partial charge is 0.328 e. The van der Waals surface area contributed by atoms with Crippen LogP contribution in [0.25, 0.3) is 10.8 Å². The van der Waals surface area contributed by atoms with Gasteiger partial charge in [-0.3, -0.25) is 4.79 Å². The molecule has 1 atom stereocenters. The minimum absolute atomic E-state index is 0.276. The van der Waals surface area contributed by atoms with Crippen molar-refractivity contribution in [2.24, 2.45) is 0 Å². The number of carbonyl (C=O) groups is 2. The number of esters is 1. The maximum atomic E-state index is 12.3. The summed E-state index contributed by atoms with van der Waals surface area (Å²) in [7, 11) is 0. The summed E-state index contributed by atoms with van der Waals surface area (Å²) < 4.78 is 4.87. The number of carbonyl (C=O) groups excluding carboxylic acids is 2. The van der Waals surface area contributed by atoms with Gasteiger partial charge in [0.2, 0.25) is 0 Å². The standard InChI is InChI=1S/C16H17NO3/c1-3-20-16(19)11(2)17-15(18)14-10-6-8-12-7-4-5-9-13(12)14/h4-11H,3H2,1-2H3,(H,17,18). The molecule has 4 nitrogen and oxygen atoms in total. The lowest BCUT2D eigenvalue weighted by Gasteiger charge is -2.13. The van der Waals surface area contributed by atoms with E-state index in [1.165, 1.54) is 0 Å². The maximum absolute atomic E-state index is 12.3. The summed E-state index contributed by atoms with van der Waals surface area (Å²) >= 11 is 0. The highest BCUT2D eigenvalue weighted by atomic mass is 16.5. The minimum Gasteiger partial charge on any atom is -0.464 e. The van der Waals surface area contributed by atoms with E-state index in [2.05, 4.69) is 5.32 Å². The van der Waals surface area contributed by atoms with E-state index in [4.69, 9.17) is 4.74 Å². The van der Waals surface area contributed by atoms with Crippen LogP contribution in [0.2, 0.25) is 0 Å².